The first kappa shape index (κ1) is 17.3. The third-order valence-electron chi connectivity index (χ3n) is 4.59. The Balaban J connectivity index is 1.41. The smallest absolute Gasteiger partial charge is 0.230 e. The van der Waals surface area contributed by atoms with Gasteiger partial charge >= 0.3 is 0 Å². The van der Waals surface area contributed by atoms with Gasteiger partial charge in [-0.25, -0.2) is 4.98 Å². The van der Waals surface area contributed by atoms with E-state index in [0.29, 0.717) is 11.8 Å². The molecule has 0 spiro atoms. The van der Waals surface area contributed by atoms with Crippen molar-refractivity contribution in [3.63, 3.8) is 0 Å². The number of hydrogen-bond acceptors (Lipinski definition) is 6. The van der Waals surface area contributed by atoms with Gasteiger partial charge in [-0.2, -0.15) is 4.98 Å². The molecule has 0 unspecified atom stereocenters. The molecule has 1 aromatic heterocycles. The summed E-state index contributed by atoms with van der Waals surface area (Å²) in [5, 5.41) is 3.24. The molecule has 0 radical (unpaired) electrons. The number of likely N-dealkylation sites (N-methyl/N-ethyl adjacent to an activating group) is 1. The molecule has 0 bridgehead atoms. The molecular formula is C21H23N5O. The molecule has 6 nitrogen and oxygen atoms in total. The van der Waals surface area contributed by atoms with Gasteiger partial charge in [-0.15, -0.1) is 0 Å². The third-order valence-corrected chi connectivity index (χ3v) is 4.59. The molecule has 1 aliphatic rings. The minimum atomic E-state index is 0.507. The summed E-state index contributed by atoms with van der Waals surface area (Å²) in [5.74, 6) is 1.77. The molecule has 6 heteroatoms. The van der Waals surface area contributed by atoms with Crippen LogP contribution in [-0.4, -0.2) is 48.1 Å². The second-order valence-electron chi connectivity index (χ2n) is 6.60. The highest BCUT2D eigenvalue weighted by Gasteiger charge is 2.14. The van der Waals surface area contributed by atoms with Crippen molar-refractivity contribution < 1.29 is 4.74 Å². The fourth-order valence-corrected chi connectivity index (χ4v) is 3.02. The van der Waals surface area contributed by atoms with Gasteiger partial charge < -0.3 is 19.9 Å². The Labute approximate surface area is 159 Å². The zero-order chi connectivity index (χ0) is 18.5. The van der Waals surface area contributed by atoms with E-state index in [0.717, 1.165) is 37.6 Å². The number of anilines is 3. The summed E-state index contributed by atoms with van der Waals surface area (Å²) in [6.45, 7) is 4.32. The number of hydrogen-bond donors (Lipinski definition) is 1. The maximum Gasteiger partial charge on any atom is 0.230 e. The summed E-state index contributed by atoms with van der Waals surface area (Å²) < 4.78 is 5.76. The molecule has 1 aliphatic heterocycles. The van der Waals surface area contributed by atoms with E-state index in [1.54, 1.807) is 12.3 Å². The Bertz CT molecular complexity index is 861. The van der Waals surface area contributed by atoms with Gasteiger partial charge in [-0.1, -0.05) is 18.2 Å². The standard InChI is InChI=1S/C21H23N5O/c1-25-13-15-26(16-14-25)18-9-7-17(8-10-18)23-21-22-12-11-20(24-21)27-19-5-3-2-4-6-19/h2-12H,13-16H2,1H3,(H,22,23,24). The van der Waals surface area contributed by atoms with Crippen molar-refractivity contribution in [3.8, 4) is 11.6 Å². The van der Waals surface area contributed by atoms with E-state index >= 15 is 0 Å². The Kier molecular flexibility index (Phi) is 5.16. The fourth-order valence-electron chi connectivity index (χ4n) is 3.02. The molecule has 0 aliphatic carbocycles. The second kappa shape index (κ2) is 8.05. The largest absolute Gasteiger partial charge is 0.439 e. The predicted octanol–water partition coefficient (Wildman–Crippen LogP) is 3.76. The topological polar surface area (TPSA) is 53.5 Å². The van der Waals surface area contributed by atoms with E-state index in [-0.39, 0.29) is 0 Å². The fraction of sp³-hybridized carbons (Fsp3) is 0.238. The normalized spacial score (nSPS) is 14.8. The molecule has 1 fully saturated rings. The number of piperazine rings is 1. The Morgan fingerprint density at radius 3 is 2.37 bits per heavy atom. The van der Waals surface area contributed by atoms with Gasteiger partial charge in [0.05, 0.1) is 0 Å². The maximum atomic E-state index is 5.76. The highest BCUT2D eigenvalue weighted by atomic mass is 16.5. The van der Waals surface area contributed by atoms with Gasteiger partial charge in [-0.05, 0) is 43.4 Å². The zero-order valence-electron chi connectivity index (χ0n) is 15.4. The second-order valence-corrected chi connectivity index (χ2v) is 6.60. The first-order valence-corrected chi connectivity index (χ1v) is 9.13. The molecule has 2 aromatic carbocycles. The summed E-state index contributed by atoms with van der Waals surface area (Å²) in [4.78, 5) is 13.5. The highest BCUT2D eigenvalue weighted by molar-refractivity contribution is 5.59. The van der Waals surface area contributed by atoms with Crippen LogP contribution in [-0.2, 0) is 0 Å². The minimum absolute atomic E-state index is 0.507. The molecule has 4 rings (SSSR count). The quantitative estimate of drug-likeness (QED) is 0.747. The zero-order valence-corrected chi connectivity index (χ0v) is 15.4. The van der Waals surface area contributed by atoms with E-state index in [1.165, 1.54) is 5.69 Å². The van der Waals surface area contributed by atoms with Crippen LogP contribution in [0, 0.1) is 0 Å². The average Bonchev–Trinajstić information content (AvgIpc) is 2.70. The van der Waals surface area contributed by atoms with Gasteiger partial charge in [0.2, 0.25) is 11.8 Å². The summed E-state index contributed by atoms with van der Waals surface area (Å²) in [5.41, 5.74) is 2.19. The Morgan fingerprint density at radius 1 is 0.889 bits per heavy atom. The molecule has 138 valence electrons. The van der Waals surface area contributed by atoms with Gasteiger partial charge in [0.1, 0.15) is 5.75 Å². The third kappa shape index (κ3) is 4.54. The van der Waals surface area contributed by atoms with Crippen LogP contribution < -0.4 is 15.0 Å². The first-order chi connectivity index (χ1) is 13.3. The van der Waals surface area contributed by atoms with Crippen LogP contribution in [0.2, 0.25) is 0 Å². The molecule has 1 N–H and O–H groups in total. The van der Waals surface area contributed by atoms with Crippen molar-refractivity contribution in [2.24, 2.45) is 0 Å². The Morgan fingerprint density at radius 2 is 1.63 bits per heavy atom. The van der Waals surface area contributed by atoms with Crippen LogP contribution in [0.4, 0.5) is 17.3 Å². The molecule has 2 heterocycles. The number of nitrogens with one attached hydrogen (secondary N) is 1. The number of para-hydroxylation sites is 1. The van der Waals surface area contributed by atoms with Crippen LogP contribution in [0.15, 0.2) is 66.9 Å². The lowest BCUT2D eigenvalue weighted by Crippen LogP contribution is -2.44. The molecule has 3 aromatic rings. The van der Waals surface area contributed by atoms with Gasteiger partial charge in [-0.3, -0.25) is 0 Å². The van der Waals surface area contributed by atoms with E-state index in [2.05, 4.69) is 56.4 Å². The van der Waals surface area contributed by atoms with Crippen molar-refractivity contribution in [2.75, 3.05) is 43.4 Å². The van der Waals surface area contributed by atoms with E-state index < -0.39 is 0 Å². The number of rotatable bonds is 5. The lowest BCUT2D eigenvalue weighted by atomic mass is 10.2. The van der Waals surface area contributed by atoms with Crippen LogP contribution in [0.3, 0.4) is 0 Å². The number of aromatic nitrogens is 2. The monoisotopic (exact) mass is 361 g/mol. The highest BCUT2D eigenvalue weighted by Crippen LogP contribution is 2.23. The summed E-state index contributed by atoms with van der Waals surface area (Å²) in [7, 11) is 2.17. The Hall–Kier alpha value is -3.12. The van der Waals surface area contributed by atoms with E-state index in [9.17, 15) is 0 Å². The van der Waals surface area contributed by atoms with Crippen LogP contribution in [0.25, 0.3) is 0 Å². The molecular weight excluding hydrogens is 338 g/mol. The summed E-state index contributed by atoms with van der Waals surface area (Å²) in [6.07, 6.45) is 1.69. The van der Waals surface area contributed by atoms with E-state index in [1.807, 2.05) is 30.3 Å². The SMILES string of the molecule is CN1CCN(c2ccc(Nc3nccc(Oc4ccccc4)n3)cc2)CC1. The maximum absolute atomic E-state index is 5.76. The molecule has 0 atom stereocenters. The van der Waals surface area contributed by atoms with E-state index in [4.69, 9.17) is 4.74 Å². The average molecular weight is 361 g/mol. The molecule has 1 saturated heterocycles. The van der Waals surface area contributed by atoms with Crippen molar-refractivity contribution in [3.05, 3.63) is 66.9 Å². The number of ether oxygens (including phenoxy) is 1. The van der Waals surface area contributed by atoms with Crippen molar-refractivity contribution in [2.45, 2.75) is 0 Å². The summed E-state index contributed by atoms with van der Waals surface area (Å²) in [6, 6.07) is 19.7. The molecule has 0 saturated carbocycles. The number of nitrogens with zero attached hydrogens (tertiary/aromatic N) is 4. The van der Waals surface area contributed by atoms with Crippen molar-refractivity contribution in [1.29, 1.82) is 0 Å². The van der Waals surface area contributed by atoms with Crippen LogP contribution in [0.1, 0.15) is 0 Å². The van der Waals surface area contributed by atoms with Crippen LogP contribution >= 0.6 is 0 Å². The van der Waals surface area contributed by atoms with Gasteiger partial charge in [0.15, 0.2) is 0 Å². The van der Waals surface area contributed by atoms with Gasteiger partial charge in [0, 0.05) is 49.8 Å². The van der Waals surface area contributed by atoms with Gasteiger partial charge in [0.25, 0.3) is 0 Å². The first-order valence-electron chi connectivity index (χ1n) is 9.13. The predicted molar refractivity (Wildman–Crippen MR) is 108 cm³/mol. The lowest BCUT2D eigenvalue weighted by molar-refractivity contribution is 0.313. The lowest BCUT2D eigenvalue weighted by Gasteiger charge is -2.34. The van der Waals surface area contributed by atoms with Crippen LogP contribution in [0.5, 0.6) is 11.6 Å². The van der Waals surface area contributed by atoms with Crippen molar-refractivity contribution in [1.82, 2.24) is 14.9 Å². The molecule has 27 heavy (non-hydrogen) atoms. The minimum Gasteiger partial charge on any atom is -0.439 e. The summed E-state index contributed by atoms with van der Waals surface area (Å²) >= 11 is 0. The number of benzene rings is 2. The van der Waals surface area contributed by atoms with Crippen molar-refractivity contribution >= 4 is 17.3 Å². The molecule has 0 amide bonds.